The molecular formula is C21H23ClF3NO. The molecule has 27 heavy (non-hydrogen) atoms. The van der Waals surface area contributed by atoms with E-state index in [-0.39, 0.29) is 11.8 Å². The molecule has 0 spiro atoms. The van der Waals surface area contributed by atoms with E-state index in [0.29, 0.717) is 5.56 Å². The van der Waals surface area contributed by atoms with Crippen molar-refractivity contribution in [3.63, 3.8) is 0 Å². The summed E-state index contributed by atoms with van der Waals surface area (Å²) in [7, 11) is 0. The molecule has 1 amide bonds. The van der Waals surface area contributed by atoms with Crippen LogP contribution in [0.25, 0.3) is 0 Å². The van der Waals surface area contributed by atoms with Crippen molar-refractivity contribution in [1.29, 1.82) is 0 Å². The summed E-state index contributed by atoms with van der Waals surface area (Å²) < 4.78 is 38.5. The zero-order chi connectivity index (χ0) is 20.2. The van der Waals surface area contributed by atoms with Crippen LogP contribution in [0.2, 0.25) is 0 Å². The lowest BCUT2D eigenvalue weighted by atomic mass is 9.98. The van der Waals surface area contributed by atoms with E-state index in [9.17, 15) is 18.0 Å². The second-order valence-corrected chi connectivity index (χ2v) is 6.79. The monoisotopic (exact) mass is 397 g/mol. The summed E-state index contributed by atoms with van der Waals surface area (Å²) in [6.07, 6.45) is -2.69. The highest BCUT2D eigenvalue weighted by Crippen LogP contribution is 2.35. The number of rotatable bonds is 6. The SMILES string of the molecule is CCCc1cccc(C)c1N(C(=O)CCl)C(C)c1ccc(C(F)(F)F)cc1. The number of nitrogens with zero attached hydrogens (tertiary/aromatic N) is 1. The van der Waals surface area contributed by atoms with Crippen molar-refractivity contribution < 1.29 is 18.0 Å². The number of alkyl halides is 4. The van der Waals surface area contributed by atoms with Crippen molar-refractivity contribution in [2.75, 3.05) is 10.8 Å². The van der Waals surface area contributed by atoms with Crippen molar-refractivity contribution in [1.82, 2.24) is 0 Å². The minimum Gasteiger partial charge on any atom is -0.304 e. The first-order valence-corrected chi connectivity index (χ1v) is 9.37. The number of carbonyl (C=O) groups is 1. The number of hydrogen-bond donors (Lipinski definition) is 0. The number of para-hydroxylation sites is 1. The van der Waals surface area contributed by atoms with E-state index in [2.05, 4.69) is 6.92 Å². The third-order valence-electron chi connectivity index (χ3n) is 4.57. The van der Waals surface area contributed by atoms with Gasteiger partial charge in [-0.25, -0.2) is 0 Å². The van der Waals surface area contributed by atoms with Gasteiger partial charge in [0.25, 0.3) is 0 Å². The molecule has 0 bridgehead atoms. The fourth-order valence-electron chi connectivity index (χ4n) is 3.23. The smallest absolute Gasteiger partial charge is 0.304 e. The Morgan fingerprint density at radius 1 is 1.15 bits per heavy atom. The number of anilines is 1. The number of halogens is 4. The molecule has 1 unspecified atom stereocenters. The van der Waals surface area contributed by atoms with Crippen LogP contribution in [0.3, 0.4) is 0 Å². The Hall–Kier alpha value is -2.01. The molecule has 0 saturated carbocycles. The predicted octanol–water partition coefficient (Wildman–Crippen LogP) is 6.30. The highest BCUT2D eigenvalue weighted by Gasteiger charge is 2.31. The molecule has 0 aromatic heterocycles. The number of benzene rings is 2. The lowest BCUT2D eigenvalue weighted by Crippen LogP contribution is -2.36. The average molecular weight is 398 g/mol. The second kappa shape index (κ2) is 8.79. The van der Waals surface area contributed by atoms with Gasteiger partial charge >= 0.3 is 6.18 Å². The number of aryl methyl sites for hydroxylation is 2. The third kappa shape index (κ3) is 4.83. The van der Waals surface area contributed by atoms with Gasteiger partial charge in [-0.2, -0.15) is 13.2 Å². The van der Waals surface area contributed by atoms with Crippen molar-refractivity contribution in [2.45, 2.75) is 45.8 Å². The summed E-state index contributed by atoms with van der Waals surface area (Å²) in [6, 6.07) is 10.3. The van der Waals surface area contributed by atoms with Gasteiger partial charge in [0.05, 0.1) is 17.3 Å². The maximum Gasteiger partial charge on any atom is 0.416 e. The minimum absolute atomic E-state index is 0.203. The summed E-state index contributed by atoms with van der Waals surface area (Å²) in [5.41, 5.74) is 2.65. The first-order valence-electron chi connectivity index (χ1n) is 8.84. The normalized spacial score (nSPS) is 12.7. The van der Waals surface area contributed by atoms with Gasteiger partial charge in [0, 0.05) is 0 Å². The summed E-state index contributed by atoms with van der Waals surface area (Å²) in [4.78, 5) is 14.3. The van der Waals surface area contributed by atoms with Crippen LogP contribution < -0.4 is 4.90 Å². The Labute approximate surface area is 162 Å². The van der Waals surface area contributed by atoms with Gasteiger partial charge in [-0.15, -0.1) is 11.6 Å². The van der Waals surface area contributed by atoms with E-state index in [4.69, 9.17) is 11.6 Å². The van der Waals surface area contributed by atoms with Crippen LogP contribution in [0, 0.1) is 6.92 Å². The number of amides is 1. The zero-order valence-electron chi connectivity index (χ0n) is 15.6. The van der Waals surface area contributed by atoms with Crippen molar-refractivity contribution in [2.24, 2.45) is 0 Å². The van der Waals surface area contributed by atoms with Gasteiger partial charge < -0.3 is 4.90 Å². The molecule has 146 valence electrons. The van der Waals surface area contributed by atoms with E-state index in [1.807, 2.05) is 25.1 Å². The molecule has 0 fully saturated rings. The van der Waals surface area contributed by atoms with Crippen LogP contribution in [-0.2, 0) is 17.4 Å². The molecule has 6 heteroatoms. The van der Waals surface area contributed by atoms with E-state index < -0.39 is 17.8 Å². The average Bonchev–Trinajstić information content (AvgIpc) is 2.63. The Bertz CT molecular complexity index is 787. The first-order chi connectivity index (χ1) is 12.7. The summed E-state index contributed by atoms with van der Waals surface area (Å²) >= 11 is 5.86. The minimum atomic E-state index is -4.39. The molecule has 0 radical (unpaired) electrons. The van der Waals surface area contributed by atoms with Gasteiger partial charge in [-0.05, 0) is 49.1 Å². The summed E-state index contributed by atoms with van der Waals surface area (Å²) in [5.74, 6) is -0.485. The Kier molecular flexibility index (Phi) is 6.93. The lowest BCUT2D eigenvalue weighted by molar-refractivity contribution is -0.137. The lowest BCUT2D eigenvalue weighted by Gasteiger charge is -2.32. The maximum atomic E-state index is 12.8. The molecule has 0 heterocycles. The molecule has 2 nitrogen and oxygen atoms in total. The largest absolute Gasteiger partial charge is 0.416 e. The maximum absolute atomic E-state index is 12.8. The molecule has 2 rings (SSSR count). The van der Waals surface area contributed by atoms with Crippen LogP contribution in [0.5, 0.6) is 0 Å². The highest BCUT2D eigenvalue weighted by atomic mass is 35.5. The molecule has 0 aliphatic heterocycles. The Balaban J connectivity index is 2.50. The van der Waals surface area contributed by atoms with Crippen molar-refractivity contribution in [3.05, 3.63) is 64.7 Å². The molecule has 2 aromatic carbocycles. The molecule has 2 aromatic rings. The molecule has 0 N–H and O–H groups in total. The summed E-state index contributed by atoms with van der Waals surface area (Å²) in [5, 5.41) is 0. The van der Waals surface area contributed by atoms with Gasteiger partial charge in [-0.3, -0.25) is 4.79 Å². The van der Waals surface area contributed by atoms with E-state index >= 15 is 0 Å². The zero-order valence-corrected chi connectivity index (χ0v) is 16.4. The Morgan fingerprint density at radius 2 is 1.78 bits per heavy atom. The van der Waals surface area contributed by atoms with E-state index in [1.54, 1.807) is 11.8 Å². The third-order valence-corrected chi connectivity index (χ3v) is 4.80. The van der Waals surface area contributed by atoms with Crippen molar-refractivity contribution >= 4 is 23.2 Å². The molecule has 0 aliphatic carbocycles. The topological polar surface area (TPSA) is 20.3 Å². The first kappa shape index (κ1) is 21.3. The van der Waals surface area contributed by atoms with E-state index in [1.165, 1.54) is 12.1 Å². The van der Waals surface area contributed by atoms with E-state index in [0.717, 1.165) is 41.8 Å². The fourth-order valence-corrected chi connectivity index (χ4v) is 3.36. The van der Waals surface area contributed by atoms with Gasteiger partial charge in [0.1, 0.15) is 5.88 Å². The van der Waals surface area contributed by atoms with Gasteiger partial charge in [-0.1, -0.05) is 43.7 Å². The molecular weight excluding hydrogens is 375 g/mol. The number of carbonyl (C=O) groups excluding carboxylic acids is 1. The molecule has 0 aliphatic rings. The van der Waals surface area contributed by atoms with Crippen LogP contribution in [0.4, 0.5) is 18.9 Å². The van der Waals surface area contributed by atoms with Crippen LogP contribution in [0.1, 0.15) is 48.6 Å². The van der Waals surface area contributed by atoms with Gasteiger partial charge in [0.2, 0.25) is 5.91 Å². The van der Waals surface area contributed by atoms with Gasteiger partial charge in [0.15, 0.2) is 0 Å². The fraction of sp³-hybridized carbons (Fsp3) is 0.381. The quantitative estimate of drug-likeness (QED) is 0.524. The summed E-state index contributed by atoms with van der Waals surface area (Å²) in [6.45, 7) is 5.77. The van der Waals surface area contributed by atoms with Crippen LogP contribution >= 0.6 is 11.6 Å². The standard InChI is InChI=1S/C21H23ClF3NO/c1-4-6-17-8-5-7-14(2)20(17)26(19(27)13-22)15(3)16-9-11-18(12-10-16)21(23,24)25/h5,7-12,15H,4,6,13H2,1-3H3. The van der Waals surface area contributed by atoms with Crippen LogP contribution in [-0.4, -0.2) is 11.8 Å². The predicted molar refractivity (Wildman–Crippen MR) is 103 cm³/mol. The number of hydrogen-bond acceptors (Lipinski definition) is 1. The molecule has 0 saturated heterocycles. The highest BCUT2D eigenvalue weighted by molar-refractivity contribution is 6.29. The van der Waals surface area contributed by atoms with Crippen molar-refractivity contribution in [3.8, 4) is 0 Å². The van der Waals surface area contributed by atoms with Crippen LogP contribution in [0.15, 0.2) is 42.5 Å². The second-order valence-electron chi connectivity index (χ2n) is 6.53. The molecule has 1 atom stereocenters. The Morgan fingerprint density at radius 3 is 2.30 bits per heavy atom.